The number of hydrogen-bond acceptors (Lipinski definition) is 8. The van der Waals surface area contributed by atoms with Crippen molar-refractivity contribution in [3.8, 4) is 45.3 Å². The second-order valence-corrected chi connectivity index (χ2v) is 7.40. The van der Waals surface area contributed by atoms with Crippen molar-refractivity contribution < 1.29 is 38.1 Å². The van der Waals surface area contributed by atoms with E-state index in [-0.39, 0.29) is 23.0 Å². The van der Waals surface area contributed by atoms with Crippen molar-refractivity contribution >= 4 is 23.9 Å². The summed E-state index contributed by atoms with van der Waals surface area (Å²) in [6.45, 7) is 13.5. The van der Waals surface area contributed by atoms with E-state index in [4.69, 9.17) is 18.9 Å². The molecule has 0 heterocycles. The summed E-state index contributed by atoms with van der Waals surface area (Å²) in [5.74, 6) is -2.70. The van der Waals surface area contributed by atoms with Gasteiger partial charge in [-0.25, -0.2) is 19.2 Å². The minimum Gasteiger partial charge on any atom is -0.419 e. The molecule has 0 amide bonds. The van der Waals surface area contributed by atoms with Gasteiger partial charge in [0.2, 0.25) is 0 Å². The first-order valence-corrected chi connectivity index (χ1v) is 11.0. The van der Waals surface area contributed by atoms with E-state index >= 15 is 0 Å². The molecule has 0 saturated carbocycles. The molecular weight excluding hydrogens is 488 g/mol. The molecule has 0 bridgehead atoms. The van der Waals surface area contributed by atoms with E-state index in [0.29, 0.717) is 11.1 Å². The zero-order valence-electron chi connectivity index (χ0n) is 20.2. The second-order valence-electron chi connectivity index (χ2n) is 7.40. The van der Waals surface area contributed by atoms with E-state index in [1.54, 1.807) is 24.3 Å². The molecule has 0 aliphatic rings. The van der Waals surface area contributed by atoms with Gasteiger partial charge in [-0.1, -0.05) is 62.7 Å². The van der Waals surface area contributed by atoms with Gasteiger partial charge in [-0.3, -0.25) is 0 Å². The van der Waals surface area contributed by atoms with Crippen LogP contribution in [0.15, 0.2) is 111 Å². The topological polar surface area (TPSA) is 105 Å². The normalized spacial score (nSPS) is 9.89. The summed E-state index contributed by atoms with van der Waals surface area (Å²) >= 11 is 0. The van der Waals surface area contributed by atoms with Crippen molar-refractivity contribution in [3.63, 3.8) is 0 Å². The fraction of sp³-hybridized carbons (Fsp3) is 0. The van der Waals surface area contributed by atoms with Crippen molar-refractivity contribution in [1.29, 1.82) is 0 Å². The molecule has 3 rings (SSSR count). The van der Waals surface area contributed by atoms with Gasteiger partial charge >= 0.3 is 23.9 Å². The first kappa shape index (κ1) is 27.1. The SMILES string of the molecule is C=CC(=O)Oc1ccc(-c2ccc(-c3ccc(OC(=O)C=C)c(OC(=O)C=C)c3)cc2)cc1OC(=O)C=C. The number of carbonyl (C=O) groups is 4. The molecule has 0 unspecified atom stereocenters. The largest absolute Gasteiger partial charge is 0.419 e. The maximum absolute atomic E-state index is 11.8. The smallest absolute Gasteiger partial charge is 0.335 e. The summed E-state index contributed by atoms with van der Waals surface area (Å²) < 4.78 is 20.8. The molecule has 0 saturated heterocycles. The maximum Gasteiger partial charge on any atom is 0.335 e. The zero-order valence-corrected chi connectivity index (χ0v) is 20.2. The van der Waals surface area contributed by atoms with E-state index in [9.17, 15) is 19.2 Å². The van der Waals surface area contributed by atoms with Crippen molar-refractivity contribution in [2.75, 3.05) is 0 Å². The second kappa shape index (κ2) is 12.5. The van der Waals surface area contributed by atoms with Crippen LogP contribution in [0.3, 0.4) is 0 Å². The molecule has 0 aromatic heterocycles. The van der Waals surface area contributed by atoms with Gasteiger partial charge < -0.3 is 18.9 Å². The molecule has 190 valence electrons. The average Bonchev–Trinajstić information content (AvgIpc) is 2.94. The number of hydrogen-bond donors (Lipinski definition) is 0. The van der Waals surface area contributed by atoms with Gasteiger partial charge in [0, 0.05) is 24.3 Å². The predicted molar refractivity (Wildman–Crippen MR) is 141 cm³/mol. The molecule has 0 spiro atoms. The highest BCUT2D eigenvalue weighted by Crippen LogP contribution is 2.36. The average molecular weight is 510 g/mol. The van der Waals surface area contributed by atoms with Crippen molar-refractivity contribution in [2.24, 2.45) is 0 Å². The van der Waals surface area contributed by atoms with E-state index in [2.05, 4.69) is 26.3 Å². The Morgan fingerprint density at radius 3 is 0.974 bits per heavy atom. The van der Waals surface area contributed by atoms with Gasteiger partial charge in [0.1, 0.15) is 0 Å². The summed E-state index contributed by atoms with van der Waals surface area (Å²) in [5, 5.41) is 0. The molecule has 3 aromatic carbocycles. The number of carbonyl (C=O) groups excluding carboxylic acids is 4. The fourth-order valence-corrected chi connectivity index (χ4v) is 3.16. The number of esters is 4. The maximum atomic E-state index is 11.8. The van der Waals surface area contributed by atoms with E-state index < -0.39 is 23.9 Å². The lowest BCUT2D eigenvalue weighted by Crippen LogP contribution is -2.08. The van der Waals surface area contributed by atoms with Crippen LogP contribution >= 0.6 is 0 Å². The third-order valence-electron chi connectivity index (χ3n) is 4.95. The Labute approximate surface area is 218 Å². The van der Waals surface area contributed by atoms with Gasteiger partial charge in [-0.2, -0.15) is 0 Å². The zero-order chi connectivity index (χ0) is 27.7. The Kier molecular flexibility index (Phi) is 8.88. The highest BCUT2D eigenvalue weighted by atomic mass is 16.6. The van der Waals surface area contributed by atoms with E-state index in [1.807, 2.05) is 24.3 Å². The van der Waals surface area contributed by atoms with Gasteiger partial charge in [0.25, 0.3) is 0 Å². The minimum absolute atomic E-state index is 0.0324. The Bertz CT molecular complexity index is 1340. The van der Waals surface area contributed by atoms with Crippen molar-refractivity contribution in [2.45, 2.75) is 0 Å². The van der Waals surface area contributed by atoms with Crippen LogP contribution in [0, 0.1) is 0 Å². The third kappa shape index (κ3) is 6.79. The van der Waals surface area contributed by atoms with Crippen LogP contribution in [-0.4, -0.2) is 23.9 Å². The Morgan fingerprint density at radius 2 is 0.684 bits per heavy atom. The number of benzene rings is 3. The molecular formula is C30H22O8. The van der Waals surface area contributed by atoms with Crippen LogP contribution < -0.4 is 18.9 Å². The van der Waals surface area contributed by atoms with Crippen molar-refractivity contribution in [3.05, 3.63) is 111 Å². The summed E-state index contributed by atoms with van der Waals surface area (Å²) in [6, 6.07) is 16.8. The Balaban J connectivity index is 1.94. The van der Waals surface area contributed by atoms with Crippen LogP contribution in [0.4, 0.5) is 0 Å². The molecule has 0 N–H and O–H groups in total. The molecule has 0 fully saturated rings. The van der Waals surface area contributed by atoms with E-state index in [1.165, 1.54) is 12.1 Å². The Hall–Kier alpha value is -5.50. The summed E-state index contributed by atoms with van der Waals surface area (Å²) in [4.78, 5) is 46.8. The first-order chi connectivity index (χ1) is 18.3. The lowest BCUT2D eigenvalue weighted by molar-refractivity contribution is -0.131. The predicted octanol–water partition coefficient (Wildman–Crippen LogP) is 5.39. The molecule has 38 heavy (non-hydrogen) atoms. The summed E-state index contributed by atoms with van der Waals surface area (Å²) in [6.07, 6.45) is 3.96. The van der Waals surface area contributed by atoms with Crippen LogP contribution in [0.2, 0.25) is 0 Å². The monoisotopic (exact) mass is 510 g/mol. The van der Waals surface area contributed by atoms with Gasteiger partial charge in [0.05, 0.1) is 0 Å². The minimum atomic E-state index is -0.719. The quantitative estimate of drug-likeness (QED) is 0.203. The third-order valence-corrected chi connectivity index (χ3v) is 4.95. The van der Waals surface area contributed by atoms with Crippen molar-refractivity contribution in [1.82, 2.24) is 0 Å². The standard InChI is InChI=1S/C30H22O8/c1-5-27(31)35-23-15-13-21(17-25(23)37-29(33)7-3)19-9-11-20(12-10-19)22-14-16-24(36-28(32)6-2)26(18-22)38-30(34)8-4/h5-18H,1-4H2. The molecule has 0 aliphatic carbocycles. The van der Waals surface area contributed by atoms with Gasteiger partial charge in [-0.15, -0.1) is 0 Å². The highest BCUT2D eigenvalue weighted by Gasteiger charge is 2.15. The molecule has 8 heteroatoms. The van der Waals surface area contributed by atoms with E-state index in [0.717, 1.165) is 35.4 Å². The molecule has 0 atom stereocenters. The molecule has 0 radical (unpaired) electrons. The van der Waals surface area contributed by atoms with Crippen LogP contribution in [0.5, 0.6) is 23.0 Å². The van der Waals surface area contributed by atoms with Gasteiger partial charge in [0.15, 0.2) is 23.0 Å². The van der Waals surface area contributed by atoms with Gasteiger partial charge in [-0.05, 0) is 46.5 Å². The fourth-order valence-electron chi connectivity index (χ4n) is 3.16. The van der Waals surface area contributed by atoms with Crippen LogP contribution in [0.25, 0.3) is 22.3 Å². The lowest BCUT2D eigenvalue weighted by Gasteiger charge is -2.12. The van der Waals surface area contributed by atoms with Crippen LogP contribution in [0.1, 0.15) is 0 Å². The molecule has 8 nitrogen and oxygen atoms in total. The number of rotatable bonds is 10. The summed E-state index contributed by atoms with van der Waals surface area (Å²) in [5.41, 5.74) is 2.88. The molecule has 0 aliphatic heterocycles. The number of ether oxygens (including phenoxy) is 4. The first-order valence-electron chi connectivity index (χ1n) is 11.0. The summed E-state index contributed by atoms with van der Waals surface area (Å²) in [7, 11) is 0. The van der Waals surface area contributed by atoms with Crippen LogP contribution in [-0.2, 0) is 19.2 Å². The lowest BCUT2D eigenvalue weighted by atomic mass is 9.99. The molecule has 3 aromatic rings. The highest BCUT2D eigenvalue weighted by molar-refractivity contribution is 5.88. The Morgan fingerprint density at radius 1 is 0.421 bits per heavy atom.